The molecule has 0 aliphatic carbocycles. The Bertz CT molecular complexity index is 528. The molecule has 0 radical (unpaired) electrons. The second kappa shape index (κ2) is 6.12. The van der Waals surface area contributed by atoms with Crippen molar-refractivity contribution in [1.29, 1.82) is 0 Å². The van der Waals surface area contributed by atoms with Crippen LogP contribution in [-0.2, 0) is 11.5 Å². The molecule has 2 aromatic rings. The topological polar surface area (TPSA) is 26.0 Å². The van der Waals surface area contributed by atoms with Crippen molar-refractivity contribution in [3.63, 3.8) is 0 Å². The summed E-state index contributed by atoms with van der Waals surface area (Å²) < 4.78 is 13.5. The number of rotatable bonds is 4. The fraction of sp³-hybridized carbons (Fsp3) is 0.143. The van der Waals surface area contributed by atoms with E-state index in [1.807, 2.05) is 24.3 Å². The Morgan fingerprint density at radius 3 is 2.44 bits per heavy atom. The Morgan fingerprint density at radius 2 is 1.78 bits per heavy atom. The maximum atomic E-state index is 13.5. The Labute approximate surface area is 115 Å². The van der Waals surface area contributed by atoms with Gasteiger partial charge < -0.3 is 5.73 Å². The standard InChI is InChI=1S/C14H13ClFNS/c15-12-4-1-10(2-5-12)8-18-9-11-3-6-13(17)7-14(11)16/h1-7H,8-9,17H2. The molecule has 0 aliphatic heterocycles. The molecule has 94 valence electrons. The van der Waals surface area contributed by atoms with E-state index in [1.165, 1.54) is 11.6 Å². The monoisotopic (exact) mass is 281 g/mol. The second-order valence-corrected chi connectivity index (χ2v) is 5.39. The van der Waals surface area contributed by atoms with E-state index in [4.69, 9.17) is 17.3 Å². The number of anilines is 1. The van der Waals surface area contributed by atoms with Crippen LogP contribution in [0.4, 0.5) is 10.1 Å². The van der Waals surface area contributed by atoms with Crippen LogP contribution in [0, 0.1) is 5.82 Å². The highest BCUT2D eigenvalue weighted by molar-refractivity contribution is 7.97. The van der Waals surface area contributed by atoms with Gasteiger partial charge >= 0.3 is 0 Å². The predicted octanol–water partition coefficient (Wildman–Crippen LogP) is 4.49. The first-order valence-corrected chi connectivity index (χ1v) is 7.04. The van der Waals surface area contributed by atoms with Crippen LogP contribution in [0.5, 0.6) is 0 Å². The molecular formula is C14H13ClFNS. The van der Waals surface area contributed by atoms with Gasteiger partial charge in [0.15, 0.2) is 0 Å². The lowest BCUT2D eigenvalue weighted by atomic mass is 10.2. The van der Waals surface area contributed by atoms with Crippen LogP contribution in [0.15, 0.2) is 42.5 Å². The molecule has 4 heteroatoms. The van der Waals surface area contributed by atoms with Crippen LogP contribution in [-0.4, -0.2) is 0 Å². The second-order valence-electron chi connectivity index (χ2n) is 3.97. The summed E-state index contributed by atoms with van der Waals surface area (Å²) in [6.07, 6.45) is 0. The SMILES string of the molecule is Nc1ccc(CSCc2ccc(Cl)cc2)c(F)c1. The predicted molar refractivity (Wildman–Crippen MR) is 77.3 cm³/mol. The molecule has 0 aromatic heterocycles. The maximum absolute atomic E-state index is 13.5. The van der Waals surface area contributed by atoms with Crippen LogP contribution >= 0.6 is 23.4 Å². The van der Waals surface area contributed by atoms with E-state index in [-0.39, 0.29) is 5.82 Å². The van der Waals surface area contributed by atoms with Gasteiger partial charge in [0.25, 0.3) is 0 Å². The van der Waals surface area contributed by atoms with E-state index in [9.17, 15) is 4.39 Å². The van der Waals surface area contributed by atoms with Crippen LogP contribution < -0.4 is 5.73 Å². The maximum Gasteiger partial charge on any atom is 0.129 e. The fourth-order valence-electron chi connectivity index (χ4n) is 1.54. The van der Waals surface area contributed by atoms with Crippen LogP contribution in [0.25, 0.3) is 0 Å². The molecule has 0 saturated heterocycles. The zero-order valence-corrected chi connectivity index (χ0v) is 11.3. The lowest BCUT2D eigenvalue weighted by molar-refractivity contribution is 0.618. The minimum atomic E-state index is -0.237. The number of nitrogens with two attached hydrogens (primary N) is 1. The molecule has 2 rings (SSSR count). The normalized spacial score (nSPS) is 10.6. The van der Waals surface area contributed by atoms with Gasteiger partial charge in [0.2, 0.25) is 0 Å². The first-order chi connectivity index (χ1) is 8.65. The van der Waals surface area contributed by atoms with Gasteiger partial charge in [-0.2, -0.15) is 11.8 Å². The van der Waals surface area contributed by atoms with E-state index >= 15 is 0 Å². The number of hydrogen-bond acceptors (Lipinski definition) is 2. The summed E-state index contributed by atoms with van der Waals surface area (Å²) in [6.45, 7) is 0. The third-order valence-electron chi connectivity index (χ3n) is 2.52. The third-order valence-corrected chi connectivity index (χ3v) is 3.82. The van der Waals surface area contributed by atoms with Crippen molar-refractivity contribution in [2.24, 2.45) is 0 Å². The highest BCUT2D eigenvalue weighted by Gasteiger charge is 2.03. The molecule has 0 saturated carbocycles. The van der Waals surface area contributed by atoms with E-state index in [0.717, 1.165) is 10.8 Å². The average Bonchev–Trinajstić information content (AvgIpc) is 2.34. The number of halogens is 2. The van der Waals surface area contributed by atoms with Crippen LogP contribution in [0.2, 0.25) is 5.02 Å². The van der Waals surface area contributed by atoms with Crippen molar-refractivity contribution in [3.05, 3.63) is 64.4 Å². The Balaban J connectivity index is 1.90. The van der Waals surface area contributed by atoms with E-state index in [2.05, 4.69) is 0 Å². The van der Waals surface area contributed by atoms with Gasteiger partial charge in [-0.25, -0.2) is 4.39 Å². The smallest absolute Gasteiger partial charge is 0.129 e. The van der Waals surface area contributed by atoms with Gasteiger partial charge in [-0.05, 0) is 35.4 Å². The summed E-state index contributed by atoms with van der Waals surface area (Å²) in [4.78, 5) is 0. The van der Waals surface area contributed by atoms with Crippen LogP contribution in [0.1, 0.15) is 11.1 Å². The summed E-state index contributed by atoms with van der Waals surface area (Å²) in [5.41, 5.74) is 7.82. The van der Waals surface area contributed by atoms with E-state index < -0.39 is 0 Å². The molecule has 0 fully saturated rings. The quantitative estimate of drug-likeness (QED) is 0.836. The summed E-state index contributed by atoms with van der Waals surface area (Å²) >= 11 is 7.47. The minimum Gasteiger partial charge on any atom is -0.399 e. The van der Waals surface area contributed by atoms with E-state index in [0.29, 0.717) is 17.0 Å². The molecule has 0 unspecified atom stereocenters. The summed E-state index contributed by atoms with van der Waals surface area (Å²) in [7, 11) is 0. The van der Waals surface area contributed by atoms with Crippen molar-refractivity contribution >= 4 is 29.1 Å². The van der Waals surface area contributed by atoms with Gasteiger partial charge in [0.1, 0.15) is 5.82 Å². The summed E-state index contributed by atoms with van der Waals surface area (Å²) in [6, 6.07) is 12.5. The summed E-state index contributed by atoms with van der Waals surface area (Å²) in [5.74, 6) is 1.23. The van der Waals surface area contributed by atoms with Crippen LogP contribution in [0.3, 0.4) is 0 Å². The van der Waals surface area contributed by atoms with Crippen molar-refractivity contribution < 1.29 is 4.39 Å². The number of nitrogen functional groups attached to an aromatic ring is 1. The number of thioether (sulfide) groups is 1. The molecule has 2 aromatic carbocycles. The number of benzene rings is 2. The molecular weight excluding hydrogens is 269 g/mol. The highest BCUT2D eigenvalue weighted by Crippen LogP contribution is 2.22. The van der Waals surface area contributed by atoms with Gasteiger partial charge in [-0.3, -0.25) is 0 Å². The molecule has 18 heavy (non-hydrogen) atoms. The minimum absolute atomic E-state index is 0.237. The highest BCUT2D eigenvalue weighted by atomic mass is 35.5. The van der Waals surface area contributed by atoms with Gasteiger partial charge in [-0.15, -0.1) is 0 Å². The summed E-state index contributed by atoms with van der Waals surface area (Å²) in [5, 5.41) is 0.730. The van der Waals surface area contributed by atoms with Crippen molar-refractivity contribution in [1.82, 2.24) is 0 Å². The Hall–Kier alpha value is -1.19. The molecule has 1 nitrogen and oxygen atoms in total. The fourth-order valence-corrected chi connectivity index (χ4v) is 2.65. The number of hydrogen-bond donors (Lipinski definition) is 1. The molecule has 0 bridgehead atoms. The van der Waals surface area contributed by atoms with Gasteiger partial charge in [0.05, 0.1) is 0 Å². The molecule has 0 spiro atoms. The van der Waals surface area contributed by atoms with Crippen molar-refractivity contribution in [2.45, 2.75) is 11.5 Å². The molecule has 0 heterocycles. The molecule has 0 aliphatic rings. The Kier molecular flexibility index (Phi) is 4.50. The zero-order valence-electron chi connectivity index (χ0n) is 9.70. The van der Waals surface area contributed by atoms with Gasteiger partial charge in [-0.1, -0.05) is 29.8 Å². The molecule has 2 N–H and O–H groups in total. The van der Waals surface area contributed by atoms with Crippen molar-refractivity contribution in [3.8, 4) is 0 Å². The molecule has 0 atom stereocenters. The molecule has 0 amide bonds. The third kappa shape index (κ3) is 3.65. The first kappa shape index (κ1) is 13.2. The Morgan fingerprint density at radius 1 is 1.06 bits per heavy atom. The van der Waals surface area contributed by atoms with Crippen molar-refractivity contribution in [2.75, 3.05) is 5.73 Å². The lowest BCUT2D eigenvalue weighted by Crippen LogP contribution is -1.92. The lowest BCUT2D eigenvalue weighted by Gasteiger charge is -2.05. The zero-order chi connectivity index (χ0) is 13.0. The van der Waals surface area contributed by atoms with Gasteiger partial charge in [0, 0.05) is 22.2 Å². The van der Waals surface area contributed by atoms with E-state index in [1.54, 1.807) is 23.9 Å². The largest absolute Gasteiger partial charge is 0.399 e. The average molecular weight is 282 g/mol. The first-order valence-electron chi connectivity index (χ1n) is 5.51.